The molecule has 0 N–H and O–H groups in total. The van der Waals surface area contributed by atoms with Crippen LogP contribution in [0.15, 0.2) is 24.3 Å². The monoisotopic (exact) mass is 232 g/mol. The number of rotatable bonds is 2. The molecule has 16 heavy (non-hydrogen) atoms. The van der Waals surface area contributed by atoms with Crippen molar-refractivity contribution >= 4 is 5.97 Å². The fourth-order valence-electron chi connectivity index (χ4n) is 1.21. The molecule has 5 heteroatoms. The fraction of sp³-hybridized carbons (Fsp3) is 0.364. The molecule has 0 saturated carbocycles. The third kappa shape index (κ3) is 2.74. The molecule has 0 unspecified atom stereocenters. The molecular weight excluding hydrogens is 221 g/mol. The number of halogens is 3. The van der Waals surface area contributed by atoms with E-state index < -0.39 is 18.1 Å². The van der Waals surface area contributed by atoms with E-state index in [0.717, 1.165) is 6.92 Å². The van der Waals surface area contributed by atoms with Crippen LogP contribution in [0.2, 0.25) is 0 Å². The summed E-state index contributed by atoms with van der Waals surface area (Å²) in [6, 6.07) is 5.21. The lowest BCUT2D eigenvalue weighted by molar-refractivity contribution is -0.146. The second kappa shape index (κ2) is 4.55. The third-order valence-electron chi connectivity index (χ3n) is 2.32. The van der Waals surface area contributed by atoms with E-state index in [1.54, 1.807) is 0 Å². The van der Waals surface area contributed by atoms with Crippen molar-refractivity contribution in [2.45, 2.75) is 19.0 Å². The first-order valence-electron chi connectivity index (χ1n) is 4.61. The second-order valence-corrected chi connectivity index (χ2v) is 3.38. The molecule has 0 fully saturated rings. The van der Waals surface area contributed by atoms with Crippen LogP contribution in [-0.4, -0.2) is 19.3 Å². The van der Waals surface area contributed by atoms with Gasteiger partial charge in [0.2, 0.25) is 0 Å². The van der Waals surface area contributed by atoms with Crippen LogP contribution in [-0.2, 0) is 4.74 Å². The van der Waals surface area contributed by atoms with E-state index in [4.69, 9.17) is 0 Å². The molecule has 0 radical (unpaired) electrons. The minimum Gasteiger partial charge on any atom is -0.465 e. The molecule has 0 bridgehead atoms. The Labute approximate surface area is 91.0 Å². The number of alkyl halides is 3. The highest BCUT2D eigenvalue weighted by Gasteiger charge is 2.36. The summed E-state index contributed by atoms with van der Waals surface area (Å²) >= 11 is 0. The predicted octanol–water partition coefficient (Wildman–Crippen LogP) is 3.14. The number of carbonyl (C=O) groups excluding carboxylic acids is 1. The van der Waals surface area contributed by atoms with Gasteiger partial charge in [-0.15, -0.1) is 0 Å². The number of carbonyl (C=O) groups is 1. The van der Waals surface area contributed by atoms with Gasteiger partial charge in [0.25, 0.3) is 0 Å². The Kier molecular flexibility index (Phi) is 3.57. The average molecular weight is 232 g/mol. The van der Waals surface area contributed by atoms with Crippen LogP contribution >= 0.6 is 0 Å². The normalized spacial score (nSPS) is 13.3. The third-order valence-corrected chi connectivity index (χ3v) is 2.32. The molecule has 1 aromatic rings. The maximum Gasteiger partial charge on any atom is 0.395 e. The summed E-state index contributed by atoms with van der Waals surface area (Å²) in [5.41, 5.74) is 0.362. The Morgan fingerprint density at radius 1 is 1.25 bits per heavy atom. The van der Waals surface area contributed by atoms with E-state index in [2.05, 4.69) is 4.74 Å². The highest BCUT2D eigenvalue weighted by molar-refractivity contribution is 5.89. The van der Waals surface area contributed by atoms with Crippen LogP contribution in [0.3, 0.4) is 0 Å². The molecule has 1 aromatic carbocycles. The smallest absolute Gasteiger partial charge is 0.395 e. The Morgan fingerprint density at radius 3 is 2.12 bits per heavy atom. The molecule has 0 heterocycles. The van der Waals surface area contributed by atoms with Gasteiger partial charge in [0.1, 0.15) is 0 Å². The van der Waals surface area contributed by atoms with Gasteiger partial charge in [-0.05, 0) is 24.6 Å². The van der Waals surface area contributed by atoms with Crippen LogP contribution < -0.4 is 0 Å². The van der Waals surface area contributed by atoms with Crippen molar-refractivity contribution in [1.82, 2.24) is 0 Å². The first-order valence-corrected chi connectivity index (χ1v) is 4.61. The van der Waals surface area contributed by atoms with Gasteiger partial charge >= 0.3 is 12.1 Å². The Balaban J connectivity index is 2.91. The lowest BCUT2D eigenvalue weighted by Gasteiger charge is -2.15. The van der Waals surface area contributed by atoms with Gasteiger partial charge in [-0.3, -0.25) is 0 Å². The lowest BCUT2D eigenvalue weighted by atomic mass is 9.99. The molecule has 0 spiro atoms. The van der Waals surface area contributed by atoms with E-state index in [0.29, 0.717) is 0 Å². The fourth-order valence-corrected chi connectivity index (χ4v) is 1.21. The number of esters is 1. The first kappa shape index (κ1) is 12.5. The minimum atomic E-state index is -4.27. The van der Waals surface area contributed by atoms with Crippen molar-refractivity contribution in [3.05, 3.63) is 35.4 Å². The summed E-state index contributed by atoms with van der Waals surface area (Å²) in [6.07, 6.45) is -4.27. The van der Waals surface area contributed by atoms with Crippen LogP contribution in [0.1, 0.15) is 28.8 Å². The molecule has 0 aliphatic rings. The van der Waals surface area contributed by atoms with Crippen LogP contribution in [0.25, 0.3) is 0 Å². The van der Waals surface area contributed by atoms with Gasteiger partial charge in [-0.2, -0.15) is 13.2 Å². The van der Waals surface area contributed by atoms with Crippen molar-refractivity contribution in [2.75, 3.05) is 7.11 Å². The van der Waals surface area contributed by atoms with Gasteiger partial charge in [0, 0.05) is 0 Å². The summed E-state index contributed by atoms with van der Waals surface area (Å²) in [4.78, 5) is 11.0. The van der Waals surface area contributed by atoms with Crippen molar-refractivity contribution in [2.24, 2.45) is 0 Å². The van der Waals surface area contributed by atoms with Gasteiger partial charge < -0.3 is 4.74 Å². The van der Waals surface area contributed by atoms with E-state index in [1.807, 2.05) is 0 Å². The number of benzene rings is 1. The predicted molar refractivity (Wildman–Crippen MR) is 52.3 cm³/mol. The Morgan fingerprint density at radius 2 is 1.75 bits per heavy atom. The summed E-state index contributed by atoms with van der Waals surface area (Å²) in [5.74, 6) is -2.11. The summed E-state index contributed by atoms with van der Waals surface area (Å²) in [5, 5.41) is 0. The highest BCUT2D eigenvalue weighted by atomic mass is 19.4. The zero-order valence-electron chi connectivity index (χ0n) is 8.84. The zero-order chi connectivity index (χ0) is 12.3. The first-order chi connectivity index (χ1) is 7.36. The second-order valence-electron chi connectivity index (χ2n) is 3.38. The van der Waals surface area contributed by atoms with Crippen LogP contribution in [0, 0.1) is 0 Å². The standard InChI is InChI=1S/C11H11F3O2/c1-7(11(12,13)14)8-3-5-9(6-4-8)10(15)16-2/h3-7H,1-2H3/t7-/m0/s1. The van der Waals surface area contributed by atoms with Crippen molar-refractivity contribution < 1.29 is 22.7 Å². The van der Waals surface area contributed by atoms with E-state index in [1.165, 1.54) is 31.4 Å². The lowest BCUT2D eigenvalue weighted by Crippen LogP contribution is -2.17. The van der Waals surface area contributed by atoms with E-state index >= 15 is 0 Å². The number of hydrogen-bond acceptors (Lipinski definition) is 2. The molecule has 0 saturated heterocycles. The summed E-state index contributed by atoms with van der Waals surface area (Å²) < 4.78 is 41.5. The van der Waals surface area contributed by atoms with Gasteiger partial charge in [-0.25, -0.2) is 4.79 Å². The largest absolute Gasteiger partial charge is 0.465 e. The molecule has 1 atom stereocenters. The van der Waals surface area contributed by atoms with Crippen LogP contribution in [0.5, 0.6) is 0 Å². The Hall–Kier alpha value is -1.52. The summed E-state index contributed by atoms with van der Waals surface area (Å²) in [7, 11) is 1.22. The van der Waals surface area contributed by atoms with Gasteiger partial charge in [0.15, 0.2) is 0 Å². The number of hydrogen-bond donors (Lipinski definition) is 0. The number of ether oxygens (including phenoxy) is 1. The molecule has 88 valence electrons. The van der Waals surface area contributed by atoms with E-state index in [-0.39, 0.29) is 11.1 Å². The maximum absolute atomic E-state index is 12.4. The minimum absolute atomic E-state index is 0.125. The zero-order valence-corrected chi connectivity index (χ0v) is 8.84. The van der Waals surface area contributed by atoms with Crippen molar-refractivity contribution in [3.63, 3.8) is 0 Å². The summed E-state index contributed by atoms with van der Waals surface area (Å²) in [6.45, 7) is 1.08. The SMILES string of the molecule is COC(=O)c1ccc([C@H](C)C(F)(F)F)cc1. The molecule has 1 rings (SSSR count). The quantitative estimate of drug-likeness (QED) is 0.732. The average Bonchev–Trinajstić information content (AvgIpc) is 2.26. The maximum atomic E-state index is 12.4. The van der Waals surface area contributed by atoms with E-state index in [9.17, 15) is 18.0 Å². The number of methoxy groups -OCH3 is 1. The Bertz CT molecular complexity index is 368. The van der Waals surface area contributed by atoms with Gasteiger partial charge in [0.05, 0.1) is 18.6 Å². The molecule has 0 amide bonds. The van der Waals surface area contributed by atoms with Crippen LogP contribution in [0.4, 0.5) is 13.2 Å². The topological polar surface area (TPSA) is 26.3 Å². The van der Waals surface area contributed by atoms with Gasteiger partial charge in [-0.1, -0.05) is 12.1 Å². The molecule has 0 aliphatic carbocycles. The van der Waals surface area contributed by atoms with Crippen molar-refractivity contribution in [1.29, 1.82) is 0 Å². The molecule has 0 aromatic heterocycles. The molecular formula is C11H11F3O2. The molecule has 0 aliphatic heterocycles. The molecule has 2 nitrogen and oxygen atoms in total. The highest BCUT2D eigenvalue weighted by Crippen LogP contribution is 2.34. The van der Waals surface area contributed by atoms with Crippen molar-refractivity contribution in [3.8, 4) is 0 Å².